The van der Waals surface area contributed by atoms with E-state index in [9.17, 15) is 9.18 Å². The van der Waals surface area contributed by atoms with Crippen molar-refractivity contribution in [3.8, 4) is 5.88 Å². The molecule has 2 rings (SSSR count). The summed E-state index contributed by atoms with van der Waals surface area (Å²) in [5.74, 6) is 0.158. The second-order valence-electron chi connectivity index (χ2n) is 4.72. The summed E-state index contributed by atoms with van der Waals surface area (Å²) in [5, 5.41) is 0. The van der Waals surface area contributed by atoms with Gasteiger partial charge in [-0.3, -0.25) is 4.79 Å². The lowest BCUT2D eigenvalue weighted by Gasteiger charge is -2.18. The normalized spacial score (nSPS) is 10.2. The van der Waals surface area contributed by atoms with Crippen molar-refractivity contribution in [2.24, 2.45) is 0 Å². The van der Waals surface area contributed by atoms with E-state index in [1.165, 1.54) is 12.1 Å². The third-order valence-corrected chi connectivity index (χ3v) is 3.15. The van der Waals surface area contributed by atoms with Crippen molar-refractivity contribution in [2.45, 2.75) is 13.0 Å². The molecule has 1 aromatic heterocycles. The molecule has 0 radical (unpaired) electrons. The first kappa shape index (κ1) is 15.0. The second kappa shape index (κ2) is 6.83. The van der Waals surface area contributed by atoms with Crippen LogP contribution in [-0.4, -0.2) is 29.9 Å². The van der Waals surface area contributed by atoms with Crippen molar-refractivity contribution in [1.82, 2.24) is 9.88 Å². The van der Waals surface area contributed by atoms with Gasteiger partial charge in [-0.05, 0) is 23.8 Å². The predicted molar refractivity (Wildman–Crippen MR) is 77.4 cm³/mol. The minimum atomic E-state index is -0.306. The Kier molecular flexibility index (Phi) is 4.87. The van der Waals surface area contributed by atoms with Crippen LogP contribution in [0.4, 0.5) is 4.39 Å². The summed E-state index contributed by atoms with van der Waals surface area (Å²) in [6.45, 7) is 0.414. The summed E-state index contributed by atoms with van der Waals surface area (Å²) in [4.78, 5) is 17.9. The lowest BCUT2D eigenvalue weighted by Crippen LogP contribution is -2.28. The SMILES string of the molecule is COc1ncccc1CN(C)C(=O)Cc1ccc(F)cc1. The third-order valence-electron chi connectivity index (χ3n) is 3.15. The van der Waals surface area contributed by atoms with Crippen LogP contribution in [0.15, 0.2) is 42.6 Å². The highest BCUT2D eigenvalue weighted by atomic mass is 19.1. The molecule has 0 saturated heterocycles. The molecular weight excluding hydrogens is 271 g/mol. The van der Waals surface area contributed by atoms with E-state index in [2.05, 4.69) is 4.98 Å². The van der Waals surface area contributed by atoms with Crippen LogP contribution in [0.5, 0.6) is 5.88 Å². The number of aromatic nitrogens is 1. The Labute approximate surface area is 123 Å². The minimum absolute atomic E-state index is 0.0486. The number of halogens is 1. The van der Waals surface area contributed by atoms with Crippen molar-refractivity contribution in [3.63, 3.8) is 0 Å². The van der Waals surface area contributed by atoms with Gasteiger partial charge in [0.1, 0.15) is 5.82 Å². The second-order valence-corrected chi connectivity index (χ2v) is 4.72. The first-order chi connectivity index (χ1) is 10.1. The number of methoxy groups -OCH3 is 1. The predicted octanol–water partition coefficient (Wildman–Crippen LogP) is 2.43. The number of carbonyl (C=O) groups excluding carboxylic acids is 1. The lowest BCUT2D eigenvalue weighted by molar-refractivity contribution is -0.129. The number of pyridine rings is 1. The van der Waals surface area contributed by atoms with Crippen molar-refractivity contribution in [3.05, 3.63) is 59.5 Å². The smallest absolute Gasteiger partial charge is 0.227 e. The van der Waals surface area contributed by atoms with Crippen LogP contribution in [-0.2, 0) is 17.8 Å². The monoisotopic (exact) mass is 288 g/mol. The molecule has 0 bridgehead atoms. The van der Waals surface area contributed by atoms with Gasteiger partial charge in [-0.1, -0.05) is 18.2 Å². The Hall–Kier alpha value is -2.43. The molecule has 21 heavy (non-hydrogen) atoms. The summed E-state index contributed by atoms with van der Waals surface area (Å²) in [7, 11) is 3.27. The standard InChI is InChI=1S/C16H17FN2O2/c1-19(11-13-4-3-9-18-16(13)21-2)15(20)10-12-5-7-14(17)8-6-12/h3-9H,10-11H2,1-2H3. The van der Waals surface area contributed by atoms with E-state index in [0.717, 1.165) is 11.1 Å². The summed E-state index contributed by atoms with van der Waals surface area (Å²) in [6, 6.07) is 9.61. The highest BCUT2D eigenvalue weighted by Gasteiger charge is 2.13. The molecule has 0 aliphatic rings. The number of hydrogen-bond donors (Lipinski definition) is 0. The molecule has 0 atom stereocenters. The molecule has 4 nitrogen and oxygen atoms in total. The van der Waals surface area contributed by atoms with Crippen LogP contribution in [0, 0.1) is 5.82 Å². The lowest BCUT2D eigenvalue weighted by atomic mass is 10.1. The van der Waals surface area contributed by atoms with E-state index in [-0.39, 0.29) is 18.1 Å². The molecule has 0 unspecified atom stereocenters. The molecule has 0 aliphatic heterocycles. The van der Waals surface area contributed by atoms with Crippen LogP contribution < -0.4 is 4.74 Å². The molecule has 1 heterocycles. The summed E-state index contributed by atoms with van der Waals surface area (Å²) < 4.78 is 18.0. The zero-order valence-corrected chi connectivity index (χ0v) is 12.0. The Morgan fingerprint density at radius 3 is 2.67 bits per heavy atom. The van der Waals surface area contributed by atoms with Gasteiger partial charge in [-0.15, -0.1) is 0 Å². The summed E-state index contributed by atoms with van der Waals surface area (Å²) in [6.07, 6.45) is 1.88. The van der Waals surface area contributed by atoms with E-state index < -0.39 is 0 Å². The van der Waals surface area contributed by atoms with Crippen molar-refractivity contribution in [2.75, 3.05) is 14.2 Å². The van der Waals surface area contributed by atoms with Crippen molar-refractivity contribution < 1.29 is 13.9 Å². The Balaban J connectivity index is 2.01. The number of rotatable bonds is 5. The summed E-state index contributed by atoms with van der Waals surface area (Å²) in [5.41, 5.74) is 1.63. The van der Waals surface area contributed by atoms with Crippen LogP contribution in [0.2, 0.25) is 0 Å². The molecular formula is C16H17FN2O2. The van der Waals surface area contributed by atoms with Gasteiger partial charge >= 0.3 is 0 Å². The van der Waals surface area contributed by atoms with E-state index in [1.807, 2.05) is 6.07 Å². The number of likely N-dealkylation sites (N-methyl/N-ethyl adjacent to an activating group) is 1. The Bertz CT molecular complexity index is 614. The first-order valence-corrected chi connectivity index (χ1v) is 6.56. The van der Waals surface area contributed by atoms with Gasteiger partial charge < -0.3 is 9.64 Å². The number of hydrogen-bond acceptors (Lipinski definition) is 3. The average Bonchev–Trinajstić information content (AvgIpc) is 2.50. The fraction of sp³-hybridized carbons (Fsp3) is 0.250. The topological polar surface area (TPSA) is 42.4 Å². The molecule has 5 heteroatoms. The van der Waals surface area contributed by atoms with Gasteiger partial charge in [0.15, 0.2) is 0 Å². The quantitative estimate of drug-likeness (QED) is 0.848. The molecule has 0 spiro atoms. The molecule has 1 aromatic carbocycles. The highest BCUT2D eigenvalue weighted by molar-refractivity contribution is 5.78. The molecule has 0 aliphatic carbocycles. The maximum absolute atomic E-state index is 12.8. The van der Waals surface area contributed by atoms with E-state index in [1.54, 1.807) is 43.5 Å². The number of carbonyl (C=O) groups is 1. The molecule has 0 fully saturated rings. The van der Waals surface area contributed by atoms with Crippen molar-refractivity contribution in [1.29, 1.82) is 0 Å². The number of ether oxygens (including phenoxy) is 1. The molecule has 2 aromatic rings. The molecule has 1 amide bonds. The van der Waals surface area contributed by atoms with E-state index in [0.29, 0.717) is 12.4 Å². The van der Waals surface area contributed by atoms with Gasteiger partial charge in [-0.25, -0.2) is 9.37 Å². The minimum Gasteiger partial charge on any atom is -0.481 e. The van der Waals surface area contributed by atoms with Gasteiger partial charge in [0, 0.05) is 18.8 Å². The first-order valence-electron chi connectivity index (χ1n) is 6.56. The fourth-order valence-corrected chi connectivity index (χ4v) is 1.98. The van der Waals surface area contributed by atoms with E-state index >= 15 is 0 Å². The maximum Gasteiger partial charge on any atom is 0.227 e. The number of benzene rings is 1. The van der Waals surface area contributed by atoms with Gasteiger partial charge in [-0.2, -0.15) is 0 Å². The maximum atomic E-state index is 12.8. The Morgan fingerprint density at radius 1 is 1.29 bits per heavy atom. The number of amides is 1. The highest BCUT2D eigenvalue weighted by Crippen LogP contribution is 2.16. The van der Waals surface area contributed by atoms with Gasteiger partial charge in [0.25, 0.3) is 0 Å². The zero-order valence-electron chi connectivity index (χ0n) is 12.0. The number of nitrogens with zero attached hydrogens (tertiary/aromatic N) is 2. The largest absolute Gasteiger partial charge is 0.481 e. The molecule has 110 valence electrons. The van der Waals surface area contributed by atoms with Crippen LogP contribution in [0.1, 0.15) is 11.1 Å². The zero-order chi connectivity index (χ0) is 15.2. The average molecular weight is 288 g/mol. The fourth-order valence-electron chi connectivity index (χ4n) is 1.98. The van der Waals surface area contributed by atoms with Crippen LogP contribution in [0.3, 0.4) is 0 Å². The van der Waals surface area contributed by atoms with Crippen molar-refractivity contribution >= 4 is 5.91 Å². The van der Waals surface area contributed by atoms with E-state index in [4.69, 9.17) is 4.74 Å². The van der Waals surface area contributed by atoms with Crippen LogP contribution >= 0.6 is 0 Å². The van der Waals surface area contributed by atoms with Gasteiger partial charge in [0.05, 0.1) is 20.1 Å². The third kappa shape index (κ3) is 4.02. The molecule has 0 N–H and O–H groups in total. The van der Waals surface area contributed by atoms with Gasteiger partial charge in [0.2, 0.25) is 11.8 Å². The molecule has 0 saturated carbocycles. The summed E-state index contributed by atoms with van der Waals surface area (Å²) >= 11 is 0. The Morgan fingerprint density at radius 2 is 2.00 bits per heavy atom. The van der Waals surface area contributed by atoms with Crippen LogP contribution in [0.25, 0.3) is 0 Å².